The molecule has 0 atom stereocenters. The third kappa shape index (κ3) is 2.28. The van der Waals surface area contributed by atoms with E-state index in [2.05, 4.69) is 15.2 Å². The smallest absolute Gasteiger partial charge is 0.320 e. The highest BCUT2D eigenvalue weighted by Crippen LogP contribution is 2.32. The molecule has 0 spiro atoms. The monoisotopic (exact) mass is 294 g/mol. The lowest BCUT2D eigenvalue weighted by atomic mass is 10.3. The second-order valence-corrected chi connectivity index (χ2v) is 5.05. The molecule has 21 heavy (non-hydrogen) atoms. The van der Waals surface area contributed by atoms with Crippen LogP contribution in [0.5, 0.6) is 0 Å². The van der Waals surface area contributed by atoms with Crippen LogP contribution in [-0.2, 0) is 6.18 Å². The van der Waals surface area contributed by atoms with E-state index in [4.69, 9.17) is 0 Å². The van der Waals surface area contributed by atoms with Crippen LogP contribution in [0.2, 0.25) is 0 Å². The Morgan fingerprint density at radius 2 is 1.90 bits per heavy atom. The van der Waals surface area contributed by atoms with Gasteiger partial charge >= 0.3 is 6.18 Å². The van der Waals surface area contributed by atoms with Crippen LogP contribution in [0.25, 0.3) is 22.6 Å². The SMILES string of the molecule is CC(C)n1c(-c2cc(C(F)(F)F)n[nH]2)nc2ccccc21. The average molecular weight is 294 g/mol. The summed E-state index contributed by atoms with van der Waals surface area (Å²) in [6.07, 6.45) is -4.47. The van der Waals surface area contributed by atoms with Crippen molar-refractivity contribution in [1.82, 2.24) is 19.7 Å². The molecule has 3 aromatic rings. The Morgan fingerprint density at radius 1 is 1.19 bits per heavy atom. The molecule has 4 nitrogen and oxygen atoms in total. The topological polar surface area (TPSA) is 46.5 Å². The second-order valence-electron chi connectivity index (χ2n) is 5.05. The van der Waals surface area contributed by atoms with Crippen LogP contribution in [0.3, 0.4) is 0 Å². The Morgan fingerprint density at radius 3 is 2.52 bits per heavy atom. The van der Waals surface area contributed by atoms with Gasteiger partial charge in [-0.1, -0.05) is 12.1 Å². The van der Waals surface area contributed by atoms with Gasteiger partial charge in [0.2, 0.25) is 0 Å². The molecule has 0 aliphatic heterocycles. The van der Waals surface area contributed by atoms with Gasteiger partial charge in [0.15, 0.2) is 11.5 Å². The molecule has 110 valence electrons. The van der Waals surface area contributed by atoms with Gasteiger partial charge < -0.3 is 4.57 Å². The normalized spacial score (nSPS) is 12.5. The lowest BCUT2D eigenvalue weighted by Crippen LogP contribution is -2.05. The van der Waals surface area contributed by atoms with Gasteiger partial charge in [-0.2, -0.15) is 18.3 Å². The van der Waals surface area contributed by atoms with E-state index in [9.17, 15) is 13.2 Å². The molecular formula is C14H13F3N4. The maximum atomic E-state index is 12.7. The third-order valence-corrected chi connectivity index (χ3v) is 3.22. The summed E-state index contributed by atoms with van der Waals surface area (Å²) in [5.74, 6) is 0.453. The second kappa shape index (κ2) is 4.61. The lowest BCUT2D eigenvalue weighted by Gasteiger charge is -2.11. The molecule has 1 N–H and O–H groups in total. The van der Waals surface area contributed by atoms with Crippen LogP contribution in [0.4, 0.5) is 13.2 Å². The number of H-pyrrole nitrogens is 1. The summed E-state index contributed by atoms with van der Waals surface area (Å²) in [7, 11) is 0. The Kier molecular flexibility index (Phi) is 3.00. The molecule has 0 saturated carbocycles. The molecule has 0 aliphatic rings. The van der Waals surface area contributed by atoms with Crippen molar-refractivity contribution in [3.8, 4) is 11.5 Å². The maximum Gasteiger partial charge on any atom is 0.435 e. The van der Waals surface area contributed by atoms with E-state index in [1.165, 1.54) is 0 Å². The van der Waals surface area contributed by atoms with Gasteiger partial charge in [-0.3, -0.25) is 5.10 Å². The Hall–Kier alpha value is -2.31. The molecule has 3 rings (SSSR count). The van der Waals surface area contributed by atoms with Crippen molar-refractivity contribution in [2.45, 2.75) is 26.1 Å². The Bertz CT molecular complexity index is 783. The minimum Gasteiger partial charge on any atom is -0.320 e. The fourth-order valence-corrected chi connectivity index (χ4v) is 2.34. The summed E-state index contributed by atoms with van der Waals surface area (Å²) in [4.78, 5) is 4.42. The van der Waals surface area contributed by atoms with Crippen LogP contribution in [-0.4, -0.2) is 19.7 Å². The average Bonchev–Trinajstić information content (AvgIpc) is 3.02. The van der Waals surface area contributed by atoms with Gasteiger partial charge in [-0.25, -0.2) is 4.98 Å². The maximum absolute atomic E-state index is 12.7. The molecule has 2 heterocycles. The predicted molar refractivity (Wildman–Crippen MR) is 72.7 cm³/mol. The number of hydrogen-bond acceptors (Lipinski definition) is 2. The number of para-hydroxylation sites is 2. The van der Waals surface area contributed by atoms with Crippen molar-refractivity contribution in [1.29, 1.82) is 0 Å². The molecule has 0 amide bonds. The van der Waals surface area contributed by atoms with E-state index < -0.39 is 11.9 Å². The molecule has 1 aromatic carbocycles. The predicted octanol–water partition coefficient (Wildman–Crippen LogP) is 4.03. The number of nitrogens with one attached hydrogen (secondary N) is 1. The van der Waals surface area contributed by atoms with Gasteiger partial charge in [0.25, 0.3) is 0 Å². The fraction of sp³-hybridized carbons (Fsp3) is 0.286. The number of aromatic nitrogens is 4. The fourth-order valence-electron chi connectivity index (χ4n) is 2.34. The molecule has 0 radical (unpaired) electrons. The zero-order valence-electron chi connectivity index (χ0n) is 11.4. The van der Waals surface area contributed by atoms with Crippen molar-refractivity contribution < 1.29 is 13.2 Å². The number of rotatable bonds is 2. The largest absolute Gasteiger partial charge is 0.435 e. The highest BCUT2D eigenvalue weighted by molar-refractivity contribution is 5.80. The van der Waals surface area contributed by atoms with E-state index in [0.29, 0.717) is 5.82 Å². The van der Waals surface area contributed by atoms with Crippen molar-refractivity contribution in [2.24, 2.45) is 0 Å². The minimum atomic E-state index is -4.47. The first-order chi connectivity index (χ1) is 9.88. The van der Waals surface area contributed by atoms with Crippen molar-refractivity contribution in [3.63, 3.8) is 0 Å². The van der Waals surface area contributed by atoms with Gasteiger partial charge in [0.05, 0.1) is 11.0 Å². The van der Waals surface area contributed by atoms with E-state index in [1.54, 1.807) is 0 Å². The standard InChI is InChI=1S/C14H13F3N4/c1-8(2)21-11-6-4-3-5-9(11)18-13(21)10-7-12(20-19-10)14(15,16)17/h3-8H,1-2H3,(H,19,20). The van der Waals surface area contributed by atoms with Crippen LogP contribution in [0, 0.1) is 0 Å². The first kappa shape index (κ1) is 13.7. The van der Waals surface area contributed by atoms with E-state index in [-0.39, 0.29) is 11.7 Å². The Balaban J connectivity index is 2.20. The number of imidazole rings is 1. The summed E-state index contributed by atoms with van der Waals surface area (Å²) in [6, 6.07) is 8.50. The minimum absolute atomic E-state index is 0.0602. The lowest BCUT2D eigenvalue weighted by molar-refractivity contribution is -0.141. The van der Waals surface area contributed by atoms with Crippen molar-refractivity contribution in [2.75, 3.05) is 0 Å². The summed E-state index contributed by atoms with van der Waals surface area (Å²) in [6.45, 7) is 3.91. The molecule has 0 bridgehead atoms. The van der Waals surface area contributed by atoms with Gasteiger partial charge in [0, 0.05) is 6.04 Å². The molecule has 2 aromatic heterocycles. The van der Waals surface area contributed by atoms with E-state index in [1.807, 2.05) is 42.7 Å². The van der Waals surface area contributed by atoms with Gasteiger partial charge in [0.1, 0.15) is 5.69 Å². The number of halogens is 3. The first-order valence-corrected chi connectivity index (χ1v) is 6.48. The quantitative estimate of drug-likeness (QED) is 0.775. The summed E-state index contributed by atoms with van der Waals surface area (Å²) >= 11 is 0. The molecule has 7 heteroatoms. The summed E-state index contributed by atoms with van der Waals surface area (Å²) < 4.78 is 39.9. The molecule has 0 unspecified atom stereocenters. The highest BCUT2D eigenvalue weighted by atomic mass is 19.4. The highest BCUT2D eigenvalue weighted by Gasteiger charge is 2.34. The molecular weight excluding hydrogens is 281 g/mol. The van der Waals surface area contributed by atoms with Crippen LogP contribution in [0.15, 0.2) is 30.3 Å². The van der Waals surface area contributed by atoms with Crippen molar-refractivity contribution in [3.05, 3.63) is 36.0 Å². The van der Waals surface area contributed by atoms with Crippen LogP contribution >= 0.6 is 0 Å². The van der Waals surface area contributed by atoms with Crippen molar-refractivity contribution >= 4 is 11.0 Å². The molecule has 0 fully saturated rings. The first-order valence-electron chi connectivity index (χ1n) is 6.48. The Labute approximate surface area is 118 Å². The third-order valence-electron chi connectivity index (χ3n) is 3.22. The van der Waals surface area contributed by atoms with Gasteiger partial charge in [-0.05, 0) is 32.0 Å². The summed E-state index contributed by atoms with van der Waals surface area (Å²) in [5, 5.41) is 5.76. The number of fused-ring (bicyclic) bond motifs is 1. The number of aromatic amines is 1. The zero-order valence-corrected chi connectivity index (χ0v) is 11.4. The van der Waals surface area contributed by atoms with Crippen LogP contribution in [0.1, 0.15) is 25.6 Å². The number of benzene rings is 1. The zero-order chi connectivity index (χ0) is 15.2. The van der Waals surface area contributed by atoms with E-state index >= 15 is 0 Å². The van der Waals surface area contributed by atoms with Gasteiger partial charge in [-0.15, -0.1) is 0 Å². The van der Waals surface area contributed by atoms with Crippen LogP contribution < -0.4 is 0 Å². The number of nitrogens with zero attached hydrogens (tertiary/aromatic N) is 3. The molecule has 0 aliphatic carbocycles. The van der Waals surface area contributed by atoms with E-state index in [0.717, 1.165) is 17.1 Å². The number of hydrogen-bond donors (Lipinski definition) is 1. The molecule has 0 saturated heterocycles. The summed E-state index contributed by atoms with van der Waals surface area (Å²) in [5.41, 5.74) is 0.933. The number of alkyl halides is 3.